The molecule has 78 valence electrons. The van der Waals surface area contributed by atoms with Gasteiger partial charge in [0.2, 0.25) is 0 Å². The van der Waals surface area contributed by atoms with Crippen LogP contribution in [0.1, 0.15) is 39.0 Å². The minimum Gasteiger partial charge on any atom is -0.308 e. The molecule has 13 heavy (non-hydrogen) atoms. The zero-order chi connectivity index (χ0) is 9.68. The lowest BCUT2D eigenvalue weighted by Gasteiger charge is -2.22. The number of alkyl halides is 2. The maximum Gasteiger partial charge on any atom is 0.250 e. The molecular formula is C10H19F2N. The summed E-state index contributed by atoms with van der Waals surface area (Å²) in [5.41, 5.74) is 0. The van der Waals surface area contributed by atoms with Gasteiger partial charge in [-0.15, -0.1) is 0 Å². The minimum atomic E-state index is -2.21. The van der Waals surface area contributed by atoms with Crippen LogP contribution >= 0.6 is 0 Å². The molecule has 1 aliphatic carbocycles. The molecule has 0 radical (unpaired) electrons. The van der Waals surface area contributed by atoms with Crippen LogP contribution in [0.25, 0.3) is 0 Å². The van der Waals surface area contributed by atoms with Gasteiger partial charge in [0.15, 0.2) is 0 Å². The van der Waals surface area contributed by atoms with Gasteiger partial charge >= 0.3 is 0 Å². The van der Waals surface area contributed by atoms with Gasteiger partial charge < -0.3 is 5.32 Å². The quantitative estimate of drug-likeness (QED) is 0.676. The minimum absolute atomic E-state index is 0.144. The van der Waals surface area contributed by atoms with Crippen molar-refractivity contribution >= 4 is 0 Å². The monoisotopic (exact) mass is 191 g/mol. The smallest absolute Gasteiger partial charge is 0.250 e. The molecule has 1 saturated carbocycles. The Kier molecular flexibility index (Phi) is 4.64. The summed E-state index contributed by atoms with van der Waals surface area (Å²) in [6, 6.07) is 0.316. The van der Waals surface area contributed by atoms with E-state index in [4.69, 9.17) is 0 Å². The van der Waals surface area contributed by atoms with E-state index in [1.165, 1.54) is 25.7 Å². The van der Waals surface area contributed by atoms with Crippen molar-refractivity contribution in [2.45, 2.75) is 51.5 Å². The highest BCUT2D eigenvalue weighted by molar-refractivity contribution is 4.76. The van der Waals surface area contributed by atoms with Crippen LogP contribution in [0, 0.1) is 5.92 Å². The Morgan fingerprint density at radius 2 is 1.92 bits per heavy atom. The first-order chi connectivity index (χ1) is 6.20. The van der Waals surface area contributed by atoms with Crippen molar-refractivity contribution in [1.29, 1.82) is 0 Å². The molecule has 1 fully saturated rings. The van der Waals surface area contributed by atoms with E-state index in [-0.39, 0.29) is 6.54 Å². The largest absolute Gasteiger partial charge is 0.308 e. The lowest BCUT2D eigenvalue weighted by atomic mass is 9.97. The van der Waals surface area contributed by atoms with E-state index in [0.717, 1.165) is 6.42 Å². The van der Waals surface area contributed by atoms with Crippen molar-refractivity contribution < 1.29 is 8.78 Å². The topological polar surface area (TPSA) is 12.0 Å². The van der Waals surface area contributed by atoms with Gasteiger partial charge in [-0.05, 0) is 18.8 Å². The summed E-state index contributed by atoms with van der Waals surface area (Å²) in [5, 5.41) is 2.96. The first-order valence-electron chi connectivity index (χ1n) is 5.21. The fourth-order valence-corrected chi connectivity index (χ4v) is 2.04. The summed E-state index contributed by atoms with van der Waals surface area (Å²) in [6.45, 7) is 2.02. The normalized spacial score (nSPS) is 30.5. The number of halogens is 2. The summed E-state index contributed by atoms with van der Waals surface area (Å²) in [6.07, 6.45) is 3.74. The van der Waals surface area contributed by atoms with Crippen LogP contribution < -0.4 is 5.32 Å². The van der Waals surface area contributed by atoms with Crippen LogP contribution in [-0.4, -0.2) is 19.0 Å². The van der Waals surface area contributed by atoms with Gasteiger partial charge in [0, 0.05) is 6.04 Å². The van der Waals surface area contributed by atoms with E-state index in [1.54, 1.807) is 0 Å². The van der Waals surface area contributed by atoms with Gasteiger partial charge in [-0.3, -0.25) is 0 Å². The van der Waals surface area contributed by atoms with Crippen molar-refractivity contribution in [2.24, 2.45) is 5.92 Å². The van der Waals surface area contributed by atoms with Crippen LogP contribution in [0.5, 0.6) is 0 Å². The summed E-state index contributed by atoms with van der Waals surface area (Å²) < 4.78 is 23.9. The Bertz CT molecular complexity index is 139. The second-order valence-corrected chi connectivity index (χ2v) is 4.02. The molecule has 0 aromatic heterocycles. The van der Waals surface area contributed by atoms with Gasteiger partial charge in [-0.25, -0.2) is 8.78 Å². The lowest BCUT2D eigenvalue weighted by Crippen LogP contribution is -2.37. The average molecular weight is 191 g/mol. The van der Waals surface area contributed by atoms with Crippen molar-refractivity contribution in [3.63, 3.8) is 0 Å². The van der Waals surface area contributed by atoms with Crippen molar-refractivity contribution in [3.8, 4) is 0 Å². The van der Waals surface area contributed by atoms with Gasteiger partial charge in [0.05, 0.1) is 6.54 Å². The molecule has 1 aliphatic rings. The van der Waals surface area contributed by atoms with Crippen LogP contribution in [0.3, 0.4) is 0 Å². The fourth-order valence-electron chi connectivity index (χ4n) is 2.04. The predicted octanol–water partition coefficient (Wildman–Crippen LogP) is 2.81. The third-order valence-corrected chi connectivity index (χ3v) is 2.90. The molecule has 0 heterocycles. The van der Waals surface area contributed by atoms with Crippen molar-refractivity contribution in [3.05, 3.63) is 0 Å². The molecule has 1 N–H and O–H groups in total. The number of hydrogen-bond donors (Lipinski definition) is 1. The Balaban J connectivity index is 2.27. The highest BCUT2D eigenvalue weighted by atomic mass is 19.3. The maximum absolute atomic E-state index is 12.0. The summed E-state index contributed by atoms with van der Waals surface area (Å²) in [4.78, 5) is 0. The molecule has 0 spiro atoms. The standard InChI is InChI=1S/C10H19F2N/c1-8-5-3-2-4-6-9(8)13-7-10(11)12/h8-10,13H,2-7H2,1H3. The molecule has 0 bridgehead atoms. The predicted molar refractivity (Wildman–Crippen MR) is 50.0 cm³/mol. The van der Waals surface area contributed by atoms with Gasteiger partial charge in [0.1, 0.15) is 0 Å². The third kappa shape index (κ3) is 4.03. The molecule has 0 aromatic rings. The Labute approximate surface area is 78.9 Å². The van der Waals surface area contributed by atoms with E-state index in [1.807, 2.05) is 0 Å². The average Bonchev–Trinajstić information content (AvgIpc) is 2.27. The maximum atomic E-state index is 12.0. The van der Waals surface area contributed by atoms with Crippen molar-refractivity contribution in [2.75, 3.05) is 6.54 Å². The summed E-state index contributed by atoms with van der Waals surface area (Å²) in [5.74, 6) is 0.557. The number of rotatable bonds is 3. The first-order valence-corrected chi connectivity index (χ1v) is 5.21. The summed E-state index contributed by atoms with van der Waals surface area (Å²) >= 11 is 0. The molecule has 0 amide bonds. The van der Waals surface area contributed by atoms with Crippen LogP contribution in [-0.2, 0) is 0 Å². The van der Waals surface area contributed by atoms with Crippen LogP contribution in [0.15, 0.2) is 0 Å². The molecule has 0 aliphatic heterocycles. The lowest BCUT2D eigenvalue weighted by molar-refractivity contribution is 0.136. The van der Waals surface area contributed by atoms with E-state index >= 15 is 0 Å². The second kappa shape index (κ2) is 5.53. The first kappa shape index (κ1) is 10.9. The Morgan fingerprint density at radius 1 is 1.23 bits per heavy atom. The SMILES string of the molecule is CC1CCCCCC1NCC(F)F. The highest BCUT2D eigenvalue weighted by Crippen LogP contribution is 2.22. The summed E-state index contributed by atoms with van der Waals surface area (Å²) in [7, 11) is 0. The number of hydrogen-bond acceptors (Lipinski definition) is 1. The molecule has 1 nitrogen and oxygen atoms in total. The molecule has 0 aromatic carbocycles. The molecule has 1 rings (SSSR count). The third-order valence-electron chi connectivity index (χ3n) is 2.90. The van der Waals surface area contributed by atoms with Crippen LogP contribution in [0.2, 0.25) is 0 Å². The molecular weight excluding hydrogens is 172 g/mol. The fraction of sp³-hybridized carbons (Fsp3) is 1.00. The van der Waals surface area contributed by atoms with Gasteiger partial charge in [0.25, 0.3) is 6.43 Å². The van der Waals surface area contributed by atoms with Gasteiger partial charge in [-0.2, -0.15) is 0 Å². The van der Waals surface area contributed by atoms with E-state index in [9.17, 15) is 8.78 Å². The molecule has 2 unspecified atom stereocenters. The van der Waals surface area contributed by atoms with E-state index < -0.39 is 6.43 Å². The second-order valence-electron chi connectivity index (χ2n) is 4.02. The zero-order valence-corrected chi connectivity index (χ0v) is 8.23. The van der Waals surface area contributed by atoms with E-state index in [0.29, 0.717) is 12.0 Å². The Hall–Kier alpha value is -0.180. The molecule has 0 saturated heterocycles. The van der Waals surface area contributed by atoms with Crippen molar-refractivity contribution in [1.82, 2.24) is 5.32 Å². The zero-order valence-electron chi connectivity index (χ0n) is 8.23. The van der Waals surface area contributed by atoms with Gasteiger partial charge in [-0.1, -0.05) is 26.2 Å². The molecule has 2 atom stereocenters. The van der Waals surface area contributed by atoms with Crippen LogP contribution in [0.4, 0.5) is 8.78 Å². The van der Waals surface area contributed by atoms with E-state index in [2.05, 4.69) is 12.2 Å². The number of nitrogens with one attached hydrogen (secondary N) is 1. The molecule has 3 heteroatoms. The Morgan fingerprint density at radius 3 is 2.62 bits per heavy atom. The highest BCUT2D eigenvalue weighted by Gasteiger charge is 2.19.